The summed E-state index contributed by atoms with van der Waals surface area (Å²) >= 11 is 0. The van der Waals surface area contributed by atoms with Crippen molar-refractivity contribution in [1.82, 2.24) is 9.97 Å². The maximum Gasteiger partial charge on any atom is 0.224 e. The van der Waals surface area contributed by atoms with E-state index in [-0.39, 0.29) is 0 Å². The zero-order chi connectivity index (χ0) is 15.7. The van der Waals surface area contributed by atoms with Crippen LogP contribution in [0.5, 0.6) is 0 Å². The fourth-order valence-corrected chi connectivity index (χ4v) is 2.29. The van der Waals surface area contributed by atoms with Gasteiger partial charge in [-0.15, -0.1) is 0 Å². The van der Waals surface area contributed by atoms with Crippen molar-refractivity contribution >= 4 is 11.8 Å². The first-order chi connectivity index (χ1) is 11.4. The van der Waals surface area contributed by atoms with Gasteiger partial charge in [-0.1, -0.05) is 60.7 Å². The van der Waals surface area contributed by atoms with Gasteiger partial charge in [-0.2, -0.15) is 4.98 Å². The van der Waals surface area contributed by atoms with Gasteiger partial charge in [0.1, 0.15) is 5.82 Å². The Labute approximate surface area is 136 Å². The first kappa shape index (κ1) is 15.0. The summed E-state index contributed by atoms with van der Waals surface area (Å²) < 4.78 is 0. The Hall–Kier alpha value is -2.88. The van der Waals surface area contributed by atoms with E-state index in [4.69, 9.17) is 0 Å². The summed E-state index contributed by atoms with van der Waals surface area (Å²) in [5.74, 6) is 1.48. The predicted molar refractivity (Wildman–Crippen MR) is 94.4 cm³/mol. The van der Waals surface area contributed by atoms with E-state index in [0.717, 1.165) is 25.3 Å². The molecule has 0 atom stereocenters. The number of hydrogen-bond acceptors (Lipinski definition) is 4. The summed E-state index contributed by atoms with van der Waals surface area (Å²) in [4.78, 5) is 8.75. The maximum atomic E-state index is 4.49. The zero-order valence-electron chi connectivity index (χ0n) is 12.9. The molecule has 0 fully saturated rings. The van der Waals surface area contributed by atoms with Crippen molar-refractivity contribution in [1.29, 1.82) is 0 Å². The molecule has 2 aromatic carbocycles. The number of nitrogens with zero attached hydrogens (tertiary/aromatic N) is 2. The number of anilines is 2. The van der Waals surface area contributed by atoms with E-state index in [1.54, 1.807) is 6.20 Å². The van der Waals surface area contributed by atoms with Gasteiger partial charge in [-0.25, -0.2) is 4.98 Å². The van der Waals surface area contributed by atoms with E-state index in [0.29, 0.717) is 5.95 Å². The SMILES string of the molecule is c1ccc(CCNc2nccc(NCc3ccccc3)n2)cc1. The highest BCUT2D eigenvalue weighted by Crippen LogP contribution is 2.08. The molecule has 1 heterocycles. The van der Waals surface area contributed by atoms with Gasteiger partial charge in [0.05, 0.1) is 0 Å². The van der Waals surface area contributed by atoms with Crippen LogP contribution in [0.3, 0.4) is 0 Å². The van der Waals surface area contributed by atoms with Crippen LogP contribution in [0, 0.1) is 0 Å². The first-order valence-corrected chi connectivity index (χ1v) is 7.79. The molecule has 1 aromatic heterocycles. The average Bonchev–Trinajstić information content (AvgIpc) is 2.62. The van der Waals surface area contributed by atoms with Crippen LogP contribution in [-0.4, -0.2) is 16.5 Å². The Balaban J connectivity index is 1.51. The molecule has 0 saturated carbocycles. The van der Waals surface area contributed by atoms with Crippen molar-refractivity contribution in [2.24, 2.45) is 0 Å². The number of benzene rings is 2. The standard InChI is InChI=1S/C19H20N4/c1-3-7-16(8-4-1)11-13-20-19-21-14-12-18(23-19)22-15-17-9-5-2-6-10-17/h1-10,12,14H,11,13,15H2,(H2,20,21,22,23). The van der Waals surface area contributed by atoms with E-state index in [1.165, 1.54) is 11.1 Å². The Morgan fingerprint density at radius 1 is 0.739 bits per heavy atom. The van der Waals surface area contributed by atoms with Crippen molar-refractivity contribution in [2.75, 3.05) is 17.2 Å². The lowest BCUT2D eigenvalue weighted by atomic mass is 10.1. The molecule has 4 nitrogen and oxygen atoms in total. The average molecular weight is 304 g/mol. The van der Waals surface area contributed by atoms with E-state index >= 15 is 0 Å². The summed E-state index contributed by atoms with van der Waals surface area (Å²) in [5, 5.41) is 6.59. The smallest absolute Gasteiger partial charge is 0.224 e. The highest BCUT2D eigenvalue weighted by atomic mass is 15.1. The summed E-state index contributed by atoms with van der Waals surface area (Å²) in [6, 6.07) is 22.5. The highest BCUT2D eigenvalue weighted by Gasteiger charge is 1.99. The number of hydrogen-bond donors (Lipinski definition) is 2. The van der Waals surface area contributed by atoms with Crippen LogP contribution in [0.2, 0.25) is 0 Å². The first-order valence-electron chi connectivity index (χ1n) is 7.79. The van der Waals surface area contributed by atoms with Crippen molar-refractivity contribution < 1.29 is 0 Å². The van der Waals surface area contributed by atoms with Gasteiger partial charge in [0.25, 0.3) is 0 Å². The monoisotopic (exact) mass is 304 g/mol. The number of nitrogens with one attached hydrogen (secondary N) is 2. The van der Waals surface area contributed by atoms with Crippen LogP contribution < -0.4 is 10.6 Å². The minimum Gasteiger partial charge on any atom is -0.366 e. The van der Waals surface area contributed by atoms with Crippen molar-refractivity contribution in [3.8, 4) is 0 Å². The van der Waals surface area contributed by atoms with Crippen molar-refractivity contribution in [3.05, 3.63) is 84.1 Å². The molecule has 0 amide bonds. The van der Waals surface area contributed by atoms with Gasteiger partial charge in [-0.05, 0) is 23.6 Å². The molecule has 3 aromatic rings. The van der Waals surface area contributed by atoms with E-state index in [1.807, 2.05) is 30.3 Å². The third kappa shape index (κ3) is 4.81. The summed E-state index contributed by atoms with van der Waals surface area (Å²) in [5.41, 5.74) is 2.53. The second kappa shape index (κ2) is 7.94. The van der Waals surface area contributed by atoms with Gasteiger partial charge >= 0.3 is 0 Å². The van der Waals surface area contributed by atoms with Crippen LogP contribution >= 0.6 is 0 Å². The normalized spacial score (nSPS) is 10.3. The Morgan fingerprint density at radius 3 is 2.17 bits per heavy atom. The molecule has 3 rings (SSSR count). The highest BCUT2D eigenvalue weighted by molar-refractivity contribution is 5.40. The predicted octanol–water partition coefficient (Wildman–Crippen LogP) is 3.74. The summed E-state index contributed by atoms with van der Waals surface area (Å²) in [7, 11) is 0. The molecule has 0 aliphatic carbocycles. The molecule has 23 heavy (non-hydrogen) atoms. The van der Waals surface area contributed by atoms with Gasteiger partial charge < -0.3 is 10.6 Å². The molecule has 0 unspecified atom stereocenters. The van der Waals surface area contributed by atoms with E-state index in [2.05, 4.69) is 57.0 Å². The lowest BCUT2D eigenvalue weighted by Gasteiger charge is -2.08. The number of rotatable bonds is 7. The minimum atomic E-state index is 0.652. The van der Waals surface area contributed by atoms with Crippen LogP contribution in [0.25, 0.3) is 0 Å². The van der Waals surface area contributed by atoms with Crippen molar-refractivity contribution in [3.63, 3.8) is 0 Å². The summed E-state index contributed by atoms with van der Waals surface area (Å²) in [6.45, 7) is 1.56. The molecule has 2 N–H and O–H groups in total. The second-order valence-corrected chi connectivity index (χ2v) is 5.27. The molecule has 4 heteroatoms. The molecule has 0 radical (unpaired) electrons. The molecular formula is C19H20N4. The summed E-state index contributed by atoms with van der Waals surface area (Å²) in [6.07, 6.45) is 2.72. The molecule has 0 aliphatic rings. The fourth-order valence-electron chi connectivity index (χ4n) is 2.29. The van der Waals surface area contributed by atoms with Crippen LogP contribution in [0.1, 0.15) is 11.1 Å². The Morgan fingerprint density at radius 2 is 1.43 bits per heavy atom. The minimum absolute atomic E-state index is 0.652. The van der Waals surface area contributed by atoms with Gasteiger partial charge in [0, 0.05) is 19.3 Å². The van der Waals surface area contributed by atoms with Crippen molar-refractivity contribution in [2.45, 2.75) is 13.0 Å². The largest absolute Gasteiger partial charge is 0.366 e. The Bertz CT molecular complexity index is 714. The third-order valence-electron chi connectivity index (χ3n) is 3.51. The molecular weight excluding hydrogens is 284 g/mol. The maximum absolute atomic E-state index is 4.49. The topological polar surface area (TPSA) is 49.8 Å². The van der Waals surface area contributed by atoms with Crippen LogP contribution in [0.15, 0.2) is 72.9 Å². The molecule has 116 valence electrons. The second-order valence-electron chi connectivity index (χ2n) is 5.27. The van der Waals surface area contributed by atoms with Crippen LogP contribution in [0.4, 0.5) is 11.8 Å². The lowest BCUT2D eigenvalue weighted by Crippen LogP contribution is -2.09. The van der Waals surface area contributed by atoms with Gasteiger partial charge in [0.2, 0.25) is 5.95 Å². The number of aromatic nitrogens is 2. The Kier molecular flexibility index (Phi) is 5.19. The molecule has 0 aliphatic heterocycles. The van der Waals surface area contributed by atoms with E-state index in [9.17, 15) is 0 Å². The third-order valence-corrected chi connectivity index (χ3v) is 3.51. The van der Waals surface area contributed by atoms with Gasteiger partial charge in [-0.3, -0.25) is 0 Å². The zero-order valence-corrected chi connectivity index (χ0v) is 12.9. The van der Waals surface area contributed by atoms with E-state index < -0.39 is 0 Å². The molecule has 0 saturated heterocycles. The van der Waals surface area contributed by atoms with Crippen LogP contribution in [-0.2, 0) is 13.0 Å². The molecule has 0 bridgehead atoms. The lowest BCUT2D eigenvalue weighted by molar-refractivity contribution is 0.979. The fraction of sp³-hybridized carbons (Fsp3) is 0.158. The quantitative estimate of drug-likeness (QED) is 0.698. The molecule has 0 spiro atoms. The van der Waals surface area contributed by atoms with Gasteiger partial charge in [0.15, 0.2) is 0 Å².